The number of ether oxygens (including phenoxy) is 1. The molecule has 0 spiro atoms. The van der Waals surface area contributed by atoms with Crippen LogP contribution in [0.5, 0.6) is 11.6 Å². The van der Waals surface area contributed by atoms with E-state index < -0.39 is 0 Å². The van der Waals surface area contributed by atoms with Gasteiger partial charge in [-0.1, -0.05) is 36.4 Å². The van der Waals surface area contributed by atoms with Crippen LogP contribution in [0.15, 0.2) is 91.4 Å². The first-order valence-corrected chi connectivity index (χ1v) is 9.29. The Kier molecular flexibility index (Phi) is 5.62. The summed E-state index contributed by atoms with van der Waals surface area (Å²) in [4.78, 5) is 16.8. The molecule has 6 heteroatoms. The third-order valence-electron chi connectivity index (χ3n) is 4.41. The molecule has 0 atom stereocenters. The Labute approximate surface area is 168 Å². The molecule has 2 aromatic heterocycles. The van der Waals surface area contributed by atoms with E-state index in [2.05, 4.69) is 15.4 Å². The number of amides is 1. The summed E-state index contributed by atoms with van der Waals surface area (Å²) in [6.07, 6.45) is 5.33. The molecule has 0 aliphatic heterocycles. The molecule has 1 amide bonds. The highest BCUT2D eigenvalue weighted by Gasteiger charge is 2.09. The zero-order chi connectivity index (χ0) is 19.9. The van der Waals surface area contributed by atoms with Crippen molar-refractivity contribution in [3.63, 3.8) is 0 Å². The number of carbonyl (C=O) groups is 1. The summed E-state index contributed by atoms with van der Waals surface area (Å²) in [5, 5.41) is 7.24. The molecule has 0 saturated heterocycles. The zero-order valence-corrected chi connectivity index (χ0v) is 15.7. The molecule has 29 heavy (non-hydrogen) atoms. The Morgan fingerprint density at radius 3 is 2.59 bits per heavy atom. The molecule has 0 aliphatic rings. The number of nitrogens with zero attached hydrogens (tertiary/aromatic N) is 3. The van der Waals surface area contributed by atoms with E-state index in [1.54, 1.807) is 42.7 Å². The van der Waals surface area contributed by atoms with Crippen LogP contribution in [0, 0.1) is 0 Å². The van der Waals surface area contributed by atoms with Gasteiger partial charge in [0.1, 0.15) is 5.75 Å². The van der Waals surface area contributed by atoms with Gasteiger partial charge in [-0.05, 0) is 41.5 Å². The lowest BCUT2D eigenvalue weighted by Gasteiger charge is -2.11. The average Bonchev–Trinajstić information content (AvgIpc) is 3.27. The lowest BCUT2D eigenvalue weighted by Crippen LogP contribution is -2.23. The summed E-state index contributed by atoms with van der Waals surface area (Å²) in [5.41, 5.74) is 2.70. The number of hydrogen-bond donors (Lipinski definition) is 1. The van der Waals surface area contributed by atoms with Crippen LogP contribution in [0.4, 0.5) is 0 Å². The minimum Gasteiger partial charge on any atom is -0.439 e. The topological polar surface area (TPSA) is 69.0 Å². The summed E-state index contributed by atoms with van der Waals surface area (Å²) in [6, 6.07) is 22.4. The Bertz CT molecular complexity index is 1080. The van der Waals surface area contributed by atoms with Gasteiger partial charge in [0.05, 0.1) is 6.54 Å². The number of rotatable bonds is 7. The molecule has 144 valence electrons. The number of benzene rings is 2. The van der Waals surface area contributed by atoms with E-state index in [-0.39, 0.29) is 5.91 Å². The number of pyridine rings is 1. The van der Waals surface area contributed by atoms with E-state index in [0.717, 1.165) is 11.1 Å². The predicted molar refractivity (Wildman–Crippen MR) is 110 cm³/mol. The van der Waals surface area contributed by atoms with Gasteiger partial charge < -0.3 is 10.1 Å². The van der Waals surface area contributed by atoms with E-state index in [0.29, 0.717) is 30.3 Å². The first-order valence-electron chi connectivity index (χ1n) is 9.29. The monoisotopic (exact) mass is 384 g/mol. The predicted octanol–water partition coefficient (Wildman–Crippen LogP) is 4.05. The van der Waals surface area contributed by atoms with Gasteiger partial charge >= 0.3 is 0 Å². The molecule has 4 rings (SSSR count). The standard InChI is InChI=1S/C23H20N4O2/c28-23(18-9-5-10-21(15-18)29-22-11-3-4-12-24-22)25-16-19-7-1-2-8-20(19)17-27-14-6-13-26-27/h1-15H,16-17H2,(H,25,28). The number of hydrogen-bond acceptors (Lipinski definition) is 4. The summed E-state index contributed by atoms with van der Waals surface area (Å²) in [7, 11) is 0. The van der Waals surface area contributed by atoms with E-state index in [1.165, 1.54) is 0 Å². The Morgan fingerprint density at radius 1 is 0.931 bits per heavy atom. The van der Waals surface area contributed by atoms with Crippen LogP contribution in [0.2, 0.25) is 0 Å². The van der Waals surface area contributed by atoms with Crippen molar-refractivity contribution in [3.05, 3.63) is 108 Å². The summed E-state index contributed by atoms with van der Waals surface area (Å²) >= 11 is 0. The molecule has 6 nitrogen and oxygen atoms in total. The fourth-order valence-corrected chi connectivity index (χ4v) is 2.96. The summed E-state index contributed by atoms with van der Waals surface area (Å²) in [5.74, 6) is 0.887. The molecule has 2 aromatic carbocycles. The van der Waals surface area contributed by atoms with Gasteiger partial charge in [0, 0.05) is 36.8 Å². The molecule has 1 N–H and O–H groups in total. The van der Waals surface area contributed by atoms with Crippen LogP contribution >= 0.6 is 0 Å². The molecule has 0 radical (unpaired) electrons. The quantitative estimate of drug-likeness (QED) is 0.522. The molecule has 2 heterocycles. The highest BCUT2D eigenvalue weighted by atomic mass is 16.5. The number of aromatic nitrogens is 3. The van der Waals surface area contributed by atoms with Crippen molar-refractivity contribution in [3.8, 4) is 11.6 Å². The van der Waals surface area contributed by atoms with Crippen molar-refractivity contribution in [1.82, 2.24) is 20.1 Å². The van der Waals surface area contributed by atoms with Gasteiger partial charge in [-0.3, -0.25) is 9.48 Å². The van der Waals surface area contributed by atoms with Crippen molar-refractivity contribution < 1.29 is 9.53 Å². The highest BCUT2D eigenvalue weighted by Crippen LogP contribution is 2.20. The molecule has 0 unspecified atom stereocenters. The Morgan fingerprint density at radius 2 is 1.79 bits per heavy atom. The SMILES string of the molecule is O=C(NCc1ccccc1Cn1cccn1)c1cccc(Oc2ccccn2)c1. The van der Waals surface area contributed by atoms with Gasteiger partial charge in [-0.2, -0.15) is 5.10 Å². The van der Waals surface area contributed by atoms with E-state index in [9.17, 15) is 4.79 Å². The van der Waals surface area contributed by atoms with Gasteiger partial charge in [0.2, 0.25) is 5.88 Å². The van der Waals surface area contributed by atoms with E-state index in [1.807, 2.05) is 53.3 Å². The Hall–Kier alpha value is -3.93. The third-order valence-corrected chi connectivity index (χ3v) is 4.41. The number of nitrogens with one attached hydrogen (secondary N) is 1. The lowest BCUT2D eigenvalue weighted by atomic mass is 10.1. The van der Waals surface area contributed by atoms with Gasteiger partial charge in [0.15, 0.2) is 0 Å². The number of carbonyl (C=O) groups excluding carboxylic acids is 1. The smallest absolute Gasteiger partial charge is 0.251 e. The summed E-state index contributed by atoms with van der Waals surface area (Å²) < 4.78 is 7.57. The van der Waals surface area contributed by atoms with Crippen LogP contribution in [-0.2, 0) is 13.1 Å². The van der Waals surface area contributed by atoms with Crippen molar-refractivity contribution in [2.45, 2.75) is 13.1 Å². The first-order chi connectivity index (χ1) is 14.3. The van der Waals surface area contributed by atoms with Gasteiger partial charge in [-0.25, -0.2) is 4.98 Å². The molecule has 0 aliphatic carbocycles. The maximum atomic E-state index is 12.7. The fraction of sp³-hybridized carbons (Fsp3) is 0.0870. The van der Waals surface area contributed by atoms with E-state index in [4.69, 9.17) is 4.74 Å². The van der Waals surface area contributed by atoms with E-state index >= 15 is 0 Å². The first kappa shape index (κ1) is 18.4. The molecule has 0 saturated carbocycles. The van der Waals surface area contributed by atoms with Gasteiger partial charge in [-0.15, -0.1) is 0 Å². The molecule has 4 aromatic rings. The molecule has 0 bridgehead atoms. The van der Waals surface area contributed by atoms with Crippen molar-refractivity contribution in [2.24, 2.45) is 0 Å². The maximum Gasteiger partial charge on any atom is 0.251 e. The van der Waals surface area contributed by atoms with Crippen LogP contribution in [-0.4, -0.2) is 20.7 Å². The average molecular weight is 384 g/mol. The highest BCUT2D eigenvalue weighted by molar-refractivity contribution is 5.94. The zero-order valence-electron chi connectivity index (χ0n) is 15.7. The Balaban J connectivity index is 1.42. The minimum absolute atomic E-state index is 0.162. The van der Waals surface area contributed by atoms with Gasteiger partial charge in [0.25, 0.3) is 5.91 Å². The van der Waals surface area contributed by atoms with Crippen LogP contribution < -0.4 is 10.1 Å². The lowest BCUT2D eigenvalue weighted by molar-refractivity contribution is 0.0950. The largest absolute Gasteiger partial charge is 0.439 e. The van der Waals surface area contributed by atoms with Crippen molar-refractivity contribution in [1.29, 1.82) is 0 Å². The second kappa shape index (κ2) is 8.84. The van der Waals surface area contributed by atoms with Crippen molar-refractivity contribution >= 4 is 5.91 Å². The summed E-state index contributed by atoms with van der Waals surface area (Å²) in [6.45, 7) is 1.09. The third kappa shape index (κ3) is 4.87. The maximum absolute atomic E-state index is 12.7. The minimum atomic E-state index is -0.162. The van der Waals surface area contributed by atoms with Crippen LogP contribution in [0.3, 0.4) is 0 Å². The normalized spacial score (nSPS) is 10.5. The molecular weight excluding hydrogens is 364 g/mol. The van der Waals surface area contributed by atoms with Crippen LogP contribution in [0.1, 0.15) is 21.5 Å². The molecule has 0 fully saturated rings. The molecular formula is C23H20N4O2. The van der Waals surface area contributed by atoms with Crippen molar-refractivity contribution in [2.75, 3.05) is 0 Å². The van der Waals surface area contributed by atoms with Crippen LogP contribution in [0.25, 0.3) is 0 Å². The second-order valence-corrected chi connectivity index (χ2v) is 6.45. The fourth-order valence-electron chi connectivity index (χ4n) is 2.96. The second-order valence-electron chi connectivity index (χ2n) is 6.45.